The van der Waals surface area contributed by atoms with Crippen LogP contribution in [0.1, 0.15) is 32.1 Å². The van der Waals surface area contributed by atoms with Gasteiger partial charge in [0.15, 0.2) is 0 Å². The molecule has 0 amide bonds. The molecule has 6 heteroatoms. The number of hydrogen-bond donors (Lipinski definition) is 2. The third-order valence-corrected chi connectivity index (χ3v) is 5.00. The summed E-state index contributed by atoms with van der Waals surface area (Å²) in [7, 11) is -3.57. The Hall–Kier alpha value is -0.780. The van der Waals surface area contributed by atoms with E-state index in [2.05, 4.69) is 4.72 Å². The molecular formula is C12H17ClN2O2S. The fraction of sp³-hybridized carbons (Fsp3) is 0.500. The largest absolute Gasteiger partial charge is 0.398 e. The van der Waals surface area contributed by atoms with Crippen LogP contribution in [-0.2, 0) is 10.0 Å². The lowest BCUT2D eigenvalue weighted by atomic mass is 9.96. The van der Waals surface area contributed by atoms with Crippen molar-refractivity contribution >= 4 is 27.3 Å². The number of rotatable bonds is 3. The number of anilines is 1. The van der Waals surface area contributed by atoms with Crippen LogP contribution in [0.4, 0.5) is 5.69 Å². The summed E-state index contributed by atoms with van der Waals surface area (Å²) in [6.45, 7) is 0. The molecule has 0 bridgehead atoms. The van der Waals surface area contributed by atoms with Crippen molar-refractivity contribution in [1.29, 1.82) is 0 Å². The molecule has 0 aromatic heterocycles. The highest BCUT2D eigenvalue weighted by Crippen LogP contribution is 2.25. The minimum Gasteiger partial charge on any atom is -0.398 e. The Balaban J connectivity index is 2.21. The van der Waals surface area contributed by atoms with Gasteiger partial charge in [-0.1, -0.05) is 30.9 Å². The molecule has 0 heterocycles. The predicted octanol–water partition coefficient (Wildman–Crippen LogP) is 2.53. The fourth-order valence-corrected chi connectivity index (χ4v) is 3.94. The second-order valence-corrected chi connectivity index (χ2v) is 6.76. The van der Waals surface area contributed by atoms with Gasteiger partial charge in [0, 0.05) is 11.1 Å². The van der Waals surface area contributed by atoms with Crippen molar-refractivity contribution in [3.05, 3.63) is 23.2 Å². The molecule has 1 aliphatic rings. The lowest BCUT2D eigenvalue weighted by molar-refractivity contribution is 0.412. The average molecular weight is 289 g/mol. The van der Waals surface area contributed by atoms with Gasteiger partial charge in [0.2, 0.25) is 10.0 Å². The molecule has 4 nitrogen and oxygen atoms in total. The highest BCUT2D eigenvalue weighted by molar-refractivity contribution is 7.89. The maximum absolute atomic E-state index is 12.2. The number of hydrogen-bond acceptors (Lipinski definition) is 3. The summed E-state index contributed by atoms with van der Waals surface area (Å²) in [5, 5.41) is 0.369. The molecule has 1 fully saturated rings. The minimum absolute atomic E-state index is 0.0159. The third-order valence-electron chi connectivity index (χ3n) is 3.19. The van der Waals surface area contributed by atoms with Crippen LogP contribution < -0.4 is 10.5 Å². The van der Waals surface area contributed by atoms with Gasteiger partial charge >= 0.3 is 0 Å². The summed E-state index contributed by atoms with van der Waals surface area (Å²) < 4.78 is 27.2. The molecule has 2 rings (SSSR count). The smallest absolute Gasteiger partial charge is 0.242 e. The Morgan fingerprint density at radius 1 is 1.22 bits per heavy atom. The maximum Gasteiger partial charge on any atom is 0.242 e. The van der Waals surface area contributed by atoms with Gasteiger partial charge in [-0.25, -0.2) is 13.1 Å². The van der Waals surface area contributed by atoms with Crippen molar-refractivity contribution < 1.29 is 8.42 Å². The Morgan fingerprint density at radius 2 is 1.89 bits per heavy atom. The van der Waals surface area contributed by atoms with Crippen molar-refractivity contribution in [2.24, 2.45) is 0 Å². The summed E-state index contributed by atoms with van der Waals surface area (Å²) in [6, 6.07) is 4.50. The zero-order chi connectivity index (χ0) is 13.2. The van der Waals surface area contributed by atoms with Crippen LogP contribution in [0.3, 0.4) is 0 Å². The van der Waals surface area contributed by atoms with E-state index in [1.165, 1.54) is 18.6 Å². The first-order valence-electron chi connectivity index (χ1n) is 6.06. The SMILES string of the molecule is Nc1ccc(Cl)cc1S(=O)(=O)NC1CCCCC1. The Labute approximate surface area is 113 Å². The molecule has 1 aromatic rings. The van der Waals surface area contributed by atoms with Gasteiger partial charge in [-0.2, -0.15) is 0 Å². The second-order valence-electron chi connectivity index (χ2n) is 4.64. The van der Waals surface area contributed by atoms with Crippen molar-refractivity contribution in [3.8, 4) is 0 Å². The van der Waals surface area contributed by atoms with Crippen LogP contribution in [0.15, 0.2) is 23.1 Å². The second kappa shape index (κ2) is 5.47. The van der Waals surface area contributed by atoms with E-state index in [0.29, 0.717) is 5.02 Å². The maximum atomic E-state index is 12.2. The van der Waals surface area contributed by atoms with E-state index in [-0.39, 0.29) is 16.6 Å². The van der Waals surface area contributed by atoms with Crippen LogP contribution in [0.2, 0.25) is 5.02 Å². The van der Waals surface area contributed by atoms with Crippen molar-refractivity contribution in [1.82, 2.24) is 4.72 Å². The number of sulfonamides is 1. The van der Waals surface area contributed by atoms with Gasteiger partial charge in [-0.05, 0) is 31.0 Å². The van der Waals surface area contributed by atoms with Gasteiger partial charge in [-0.15, -0.1) is 0 Å². The number of nitrogen functional groups attached to an aromatic ring is 1. The molecule has 1 aliphatic carbocycles. The molecule has 0 atom stereocenters. The number of benzene rings is 1. The van der Waals surface area contributed by atoms with E-state index < -0.39 is 10.0 Å². The first-order chi connectivity index (χ1) is 8.49. The van der Waals surface area contributed by atoms with Crippen LogP contribution in [0.25, 0.3) is 0 Å². The van der Waals surface area contributed by atoms with E-state index in [1.807, 2.05) is 0 Å². The normalized spacial score (nSPS) is 17.8. The predicted molar refractivity (Wildman–Crippen MR) is 73.1 cm³/mol. The molecule has 1 saturated carbocycles. The Morgan fingerprint density at radius 3 is 2.56 bits per heavy atom. The molecular weight excluding hydrogens is 272 g/mol. The van der Waals surface area contributed by atoms with E-state index in [1.54, 1.807) is 6.07 Å². The highest BCUT2D eigenvalue weighted by Gasteiger charge is 2.23. The van der Waals surface area contributed by atoms with Crippen LogP contribution in [-0.4, -0.2) is 14.5 Å². The van der Waals surface area contributed by atoms with Gasteiger partial charge in [0.25, 0.3) is 0 Å². The molecule has 0 spiro atoms. The van der Waals surface area contributed by atoms with Gasteiger partial charge in [0.1, 0.15) is 4.90 Å². The van der Waals surface area contributed by atoms with Crippen molar-refractivity contribution in [2.45, 2.75) is 43.0 Å². The zero-order valence-electron chi connectivity index (χ0n) is 10.0. The summed E-state index contributed by atoms with van der Waals surface area (Å²) in [6.07, 6.45) is 5.09. The molecule has 0 aliphatic heterocycles. The van der Waals surface area contributed by atoms with E-state index in [9.17, 15) is 8.42 Å². The molecule has 0 saturated heterocycles. The monoisotopic (exact) mass is 288 g/mol. The topological polar surface area (TPSA) is 72.2 Å². The number of nitrogens with one attached hydrogen (secondary N) is 1. The van der Waals surface area contributed by atoms with Crippen molar-refractivity contribution in [2.75, 3.05) is 5.73 Å². The standard InChI is InChI=1S/C12H17ClN2O2S/c13-9-6-7-11(14)12(8-9)18(16,17)15-10-4-2-1-3-5-10/h6-8,10,15H,1-5,14H2. The Bertz CT molecular complexity index is 525. The molecule has 0 unspecified atom stereocenters. The van der Waals surface area contributed by atoms with Gasteiger partial charge in [0.05, 0.1) is 5.69 Å². The molecule has 1 aromatic carbocycles. The lowest BCUT2D eigenvalue weighted by Gasteiger charge is -2.23. The molecule has 100 valence electrons. The first kappa shape index (κ1) is 13.6. The molecule has 18 heavy (non-hydrogen) atoms. The van der Waals surface area contributed by atoms with Gasteiger partial charge in [-0.3, -0.25) is 0 Å². The van der Waals surface area contributed by atoms with Crippen LogP contribution in [0.5, 0.6) is 0 Å². The average Bonchev–Trinajstić information content (AvgIpc) is 2.33. The zero-order valence-corrected chi connectivity index (χ0v) is 11.6. The van der Waals surface area contributed by atoms with E-state index in [0.717, 1.165) is 25.7 Å². The molecule has 3 N–H and O–H groups in total. The number of halogens is 1. The van der Waals surface area contributed by atoms with Crippen LogP contribution >= 0.6 is 11.6 Å². The molecule has 0 radical (unpaired) electrons. The van der Waals surface area contributed by atoms with Crippen LogP contribution in [0, 0.1) is 0 Å². The van der Waals surface area contributed by atoms with E-state index >= 15 is 0 Å². The lowest BCUT2D eigenvalue weighted by Crippen LogP contribution is -2.36. The minimum atomic E-state index is -3.57. The summed E-state index contributed by atoms with van der Waals surface area (Å²) in [5.74, 6) is 0. The highest BCUT2D eigenvalue weighted by atomic mass is 35.5. The summed E-state index contributed by atoms with van der Waals surface area (Å²) >= 11 is 5.82. The van der Waals surface area contributed by atoms with Crippen molar-refractivity contribution in [3.63, 3.8) is 0 Å². The summed E-state index contributed by atoms with van der Waals surface area (Å²) in [4.78, 5) is 0.0700. The Kier molecular flexibility index (Phi) is 4.14. The first-order valence-corrected chi connectivity index (χ1v) is 7.92. The fourth-order valence-electron chi connectivity index (χ4n) is 2.24. The number of nitrogens with two attached hydrogens (primary N) is 1. The quantitative estimate of drug-likeness (QED) is 0.840. The van der Waals surface area contributed by atoms with E-state index in [4.69, 9.17) is 17.3 Å². The van der Waals surface area contributed by atoms with Gasteiger partial charge < -0.3 is 5.73 Å². The summed E-state index contributed by atoms with van der Waals surface area (Å²) in [5.41, 5.74) is 5.93. The third kappa shape index (κ3) is 3.16.